The molecule has 10 nitrogen and oxygen atoms in total. The van der Waals surface area contributed by atoms with Crippen LogP contribution in [0.1, 0.15) is 32.5 Å². The van der Waals surface area contributed by atoms with Crippen LogP contribution in [0.4, 0.5) is 16.4 Å². The molecule has 0 spiro atoms. The topological polar surface area (TPSA) is 129 Å². The minimum Gasteiger partial charge on any atom is -0.494 e. The normalized spacial score (nSPS) is 10.1. The molecule has 0 atom stereocenters. The van der Waals surface area contributed by atoms with Crippen LogP contribution >= 0.6 is 23.6 Å². The molecule has 0 amide bonds. The second-order valence-corrected chi connectivity index (χ2v) is 7.12. The van der Waals surface area contributed by atoms with Crippen LogP contribution in [0.5, 0.6) is 5.75 Å². The van der Waals surface area contributed by atoms with Gasteiger partial charge in [0.05, 0.1) is 37.4 Å². The lowest BCUT2D eigenvalue weighted by atomic mass is 10.1. The van der Waals surface area contributed by atoms with E-state index in [2.05, 4.69) is 10.6 Å². The van der Waals surface area contributed by atoms with Gasteiger partial charge in [-0.15, -0.1) is 11.3 Å². The van der Waals surface area contributed by atoms with Gasteiger partial charge in [-0.1, -0.05) is 0 Å². The molecule has 2 rings (SSSR count). The van der Waals surface area contributed by atoms with Crippen LogP contribution in [0.25, 0.3) is 0 Å². The number of nitro groups is 1. The molecule has 0 bridgehead atoms. The van der Waals surface area contributed by atoms with Crippen molar-refractivity contribution in [2.75, 3.05) is 31.5 Å². The first-order chi connectivity index (χ1) is 14.2. The number of thiocarbonyl (C=S) groups is 1. The summed E-state index contributed by atoms with van der Waals surface area (Å²) >= 11 is 6.19. The maximum absolute atomic E-state index is 12.2. The highest BCUT2D eigenvalue weighted by atomic mass is 32.1. The van der Waals surface area contributed by atoms with Crippen LogP contribution in [-0.2, 0) is 9.47 Å². The SMILES string of the molecule is CCOc1ccc(NC(=S)Nc2sc(C(=O)OC)c(C)c2C(=O)OC)c([N+](=O)[O-])c1. The number of rotatable bonds is 7. The van der Waals surface area contributed by atoms with E-state index in [1.807, 2.05) is 0 Å². The van der Waals surface area contributed by atoms with Crippen molar-refractivity contribution >= 4 is 57.0 Å². The number of carbonyl (C=O) groups is 2. The van der Waals surface area contributed by atoms with Gasteiger partial charge in [0, 0.05) is 0 Å². The summed E-state index contributed by atoms with van der Waals surface area (Å²) in [5.41, 5.74) is 0.377. The Morgan fingerprint density at radius 2 is 1.87 bits per heavy atom. The van der Waals surface area contributed by atoms with Gasteiger partial charge in [-0.3, -0.25) is 10.1 Å². The number of anilines is 2. The number of hydrogen-bond acceptors (Lipinski definition) is 9. The van der Waals surface area contributed by atoms with Crippen molar-refractivity contribution in [3.8, 4) is 5.75 Å². The van der Waals surface area contributed by atoms with Gasteiger partial charge in [-0.05, 0) is 43.8 Å². The second kappa shape index (κ2) is 9.98. The van der Waals surface area contributed by atoms with Crippen LogP contribution in [-0.4, -0.2) is 42.8 Å². The van der Waals surface area contributed by atoms with Gasteiger partial charge in [0.2, 0.25) is 0 Å². The first-order valence-corrected chi connectivity index (χ1v) is 9.75. The molecule has 12 heteroatoms. The van der Waals surface area contributed by atoms with Crippen molar-refractivity contribution in [3.63, 3.8) is 0 Å². The summed E-state index contributed by atoms with van der Waals surface area (Å²) < 4.78 is 14.8. The first kappa shape index (κ1) is 23.0. The lowest BCUT2D eigenvalue weighted by Crippen LogP contribution is -2.20. The molecule has 0 saturated heterocycles. The Kier molecular flexibility index (Phi) is 7.66. The predicted molar refractivity (Wildman–Crippen MR) is 116 cm³/mol. The number of carbonyl (C=O) groups excluding carboxylic acids is 2. The van der Waals surface area contributed by atoms with Gasteiger partial charge < -0.3 is 24.8 Å². The fourth-order valence-corrected chi connectivity index (χ4v) is 3.91. The van der Waals surface area contributed by atoms with E-state index in [4.69, 9.17) is 26.4 Å². The highest BCUT2D eigenvalue weighted by Gasteiger charge is 2.26. The van der Waals surface area contributed by atoms with E-state index in [1.54, 1.807) is 19.9 Å². The summed E-state index contributed by atoms with van der Waals surface area (Å²) in [4.78, 5) is 35.2. The fourth-order valence-electron chi connectivity index (χ4n) is 2.52. The van der Waals surface area contributed by atoms with Gasteiger partial charge in [0.15, 0.2) is 5.11 Å². The number of methoxy groups -OCH3 is 2. The van der Waals surface area contributed by atoms with E-state index in [-0.39, 0.29) is 31.9 Å². The number of esters is 2. The number of nitrogens with zero attached hydrogens (tertiary/aromatic N) is 1. The quantitative estimate of drug-likeness (QED) is 0.277. The molecular weight excluding hydrogens is 434 g/mol. The molecule has 160 valence electrons. The molecule has 1 aromatic heterocycles. The summed E-state index contributed by atoms with van der Waals surface area (Å²) in [7, 11) is 2.44. The third-order valence-corrected chi connectivity index (χ3v) is 5.25. The van der Waals surface area contributed by atoms with Crippen molar-refractivity contribution in [3.05, 3.63) is 44.3 Å². The van der Waals surface area contributed by atoms with Crippen molar-refractivity contribution in [1.29, 1.82) is 0 Å². The molecule has 0 saturated carbocycles. The van der Waals surface area contributed by atoms with Gasteiger partial charge in [-0.2, -0.15) is 0 Å². The number of hydrogen-bond donors (Lipinski definition) is 2. The standard InChI is InChI=1S/C18H19N3O7S2/c1-5-28-10-6-7-11(12(8-10)21(24)25)19-18(29)20-15-13(16(22)26-3)9(2)14(30-15)17(23)27-4/h6-8H,5H2,1-4H3,(H2,19,20,29). The zero-order valence-corrected chi connectivity index (χ0v) is 18.2. The maximum Gasteiger partial charge on any atom is 0.348 e. The Morgan fingerprint density at radius 3 is 2.43 bits per heavy atom. The molecule has 30 heavy (non-hydrogen) atoms. The molecule has 0 aliphatic heterocycles. The third-order valence-electron chi connectivity index (χ3n) is 3.86. The summed E-state index contributed by atoms with van der Waals surface area (Å²) in [5.74, 6) is -0.939. The Labute approximate surface area is 181 Å². The number of nitro benzene ring substituents is 1. The van der Waals surface area contributed by atoms with E-state index < -0.39 is 16.9 Å². The van der Waals surface area contributed by atoms with Crippen LogP contribution in [0, 0.1) is 17.0 Å². The zero-order valence-electron chi connectivity index (χ0n) is 16.6. The number of thiophene rings is 1. The van der Waals surface area contributed by atoms with Crippen molar-refractivity contribution < 1.29 is 28.7 Å². The lowest BCUT2D eigenvalue weighted by molar-refractivity contribution is -0.384. The smallest absolute Gasteiger partial charge is 0.348 e. The van der Waals surface area contributed by atoms with E-state index in [1.165, 1.54) is 26.4 Å². The molecule has 0 radical (unpaired) electrons. The van der Waals surface area contributed by atoms with Gasteiger partial charge in [0.1, 0.15) is 21.3 Å². The van der Waals surface area contributed by atoms with Crippen LogP contribution < -0.4 is 15.4 Å². The Balaban J connectivity index is 2.33. The molecule has 0 unspecified atom stereocenters. The average Bonchev–Trinajstić information content (AvgIpc) is 3.03. The van der Waals surface area contributed by atoms with E-state index >= 15 is 0 Å². The van der Waals surface area contributed by atoms with Crippen molar-refractivity contribution in [2.45, 2.75) is 13.8 Å². The van der Waals surface area contributed by atoms with E-state index in [0.717, 1.165) is 11.3 Å². The number of ether oxygens (including phenoxy) is 3. The maximum atomic E-state index is 12.2. The molecule has 2 N–H and O–H groups in total. The molecule has 1 heterocycles. The Bertz CT molecular complexity index is 1000. The third kappa shape index (κ3) is 5.02. The predicted octanol–water partition coefficient (Wildman–Crippen LogP) is 3.75. The molecule has 1 aromatic carbocycles. The van der Waals surface area contributed by atoms with Crippen LogP contribution in [0.2, 0.25) is 0 Å². The van der Waals surface area contributed by atoms with Crippen LogP contribution in [0.3, 0.4) is 0 Å². The fraction of sp³-hybridized carbons (Fsp3) is 0.278. The summed E-state index contributed by atoms with van der Waals surface area (Å²) in [6.07, 6.45) is 0. The second-order valence-electron chi connectivity index (χ2n) is 5.69. The molecule has 2 aromatic rings. The minimum atomic E-state index is -0.670. The van der Waals surface area contributed by atoms with Crippen LogP contribution in [0.15, 0.2) is 18.2 Å². The van der Waals surface area contributed by atoms with E-state index in [0.29, 0.717) is 17.9 Å². The Morgan fingerprint density at radius 1 is 1.20 bits per heavy atom. The van der Waals surface area contributed by atoms with Gasteiger partial charge >= 0.3 is 11.9 Å². The summed E-state index contributed by atoms with van der Waals surface area (Å²) in [6, 6.07) is 4.29. The number of nitrogens with one attached hydrogen (secondary N) is 2. The zero-order chi connectivity index (χ0) is 22.4. The molecular formula is C18H19N3O7S2. The van der Waals surface area contributed by atoms with Crippen molar-refractivity contribution in [1.82, 2.24) is 0 Å². The van der Waals surface area contributed by atoms with Gasteiger partial charge in [-0.25, -0.2) is 9.59 Å². The monoisotopic (exact) mass is 453 g/mol. The van der Waals surface area contributed by atoms with Crippen molar-refractivity contribution in [2.24, 2.45) is 0 Å². The average molecular weight is 453 g/mol. The lowest BCUT2D eigenvalue weighted by Gasteiger charge is -2.12. The minimum absolute atomic E-state index is 0.0231. The molecule has 0 fully saturated rings. The summed E-state index contributed by atoms with van der Waals surface area (Å²) in [5, 5.41) is 17.1. The molecule has 0 aliphatic rings. The van der Waals surface area contributed by atoms with E-state index in [9.17, 15) is 19.7 Å². The highest BCUT2D eigenvalue weighted by Crippen LogP contribution is 2.35. The van der Waals surface area contributed by atoms with Gasteiger partial charge in [0.25, 0.3) is 5.69 Å². The first-order valence-electron chi connectivity index (χ1n) is 8.52. The summed E-state index contributed by atoms with van der Waals surface area (Å²) in [6.45, 7) is 3.70. The Hall–Kier alpha value is -3.25. The highest BCUT2D eigenvalue weighted by molar-refractivity contribution is 7.80. The number of benzene rings is 1. The largest absolute Gasteiger partial charge is 0.494 e. The molecule has 0 aliphatic carbocycles.